The normalized spacial score (nSPS) is 13.8. The lowest BCUT2D eigenvalue weighted by molar-refractivity contribution is 0.0149. The summed E-state index contributed by atoms with van der Waals surface area (Å²) in [5, 5.41) is 31.6. The Kier molecular flexibility index (Phi) is 5.54. The van der Waals surface area contributed by atoms with Crippen LogP contribution in [0.5, 0.6) is 0 Å². The zero-order chi connectivity index (χ0) is 13.5. The fraction of sp³-hybridized carbons (Fsp3) is 0.455. The Balaban J connectivity index is 2.76. The maximum Gasteiger partial charge on any atom is 0.128 e. The highest BCUT2D eigenvalue weighted by Crippen LogP contribution is 2.21. The number of aliphatic hydroxyl groups excluding tert-OH is 3. The Morgan fingerprint density at radius 2 is 2.11 bits per heavy atom. The quantitative estimate of drug-likeness (QED) is 0.406. The third kappa shape index (κ3) is 3.68. The topological polar surface area (TPSA) is 109 Å². The van der Waals surface area contributed by atoms with Crippen LogP contribution >= 0.6 is 0 Å². The highest BCUT2D eigenvalue weighted by atomic mass is 19.1. The number of aliphatic hydroxyl groups is 3. The monoisotopic (exact) mass is 255 g/mol. The van der Waals surface area contributed by atoms with E-state index in [4.69, 9.17) is 10.6 Å². The van der Waals surface area contributed by atoms with Crippen LogP contribution in [0, 0.1) is 5.82 Å². The summed E-state index contributed by atoms with van der Waals surface area (Å²) in [5.74, 6) is -0.572. The average Bonchev–Trinajstić information content (AvgIpc) is 2.38. The van der Waals surface area contributed by atoms with Gasteiger partial charge < -0.3 is 15.3 Å². The Morgan fingerprint density at radius 1 is 1.39 bits per heavy atom. The van der Waals surface area contributed by atoms with Crippen molar-refractivity contribution in [3.05, 3.63) is 45.6 Å². The van der Waals surface area contributed by atoms with Gasteiger partial charge in [-0.2, -0.15) is 0 Å². The Bertz CT molecular complexity index is 449. The van der Waals surface area contributed by atoms with Gasteiger partial charge in [0, 0.05) is 17.0 Å². The molecule has 0 radical (unpaired) electrons. The van der Waals surface area contributed by atoms with Crippen molar-refractivity contribution in [3.63, 3.8) is 0 Å². The van der Waals surface area contributed by atoms with Crippen LogP contribution in [0.25, 0.3) is 10.4 Å². The average molecular weight is 255 g/mol. The zero-order valence-electron chi connectivity index (χ0n) is 9.57. The van der Waals surface area contributed by atoms with Crippen molar-refractivity contribution in [1.82, 2.24) is 0 Å². The van der Waals surface area contributed by atoms with Crippen LogP contribution in [-0.4, -0.2) is 28.0 Å². The van der Waals surface area contributed by atoms with Crippen molar-refractivity contribution in [2.45, 2.75) is 25.2 Å². The van der Waals surface area contributed by atoms with Gasteiger partial charge in [-0.15, -0.1) is 0 Å². The minimum absolute atomic E-state index is 0.0498. The molecule has 98 valence electrons. The lowest BCUT2D eigenvalue weighted by atomic mass is 10.00. The van der Waals surface area contributed by atoms with Gasteiger partial charge in [-0.25, -0.2) is 4.39 Å². The van der Waals surface area contributed by atoms with Crippen LogP contribution in [0.2, 0.25) is 0 Å². The van der Waals surface area contributed by atoms with E-state index >= 15 is 0 Å². The molecular weight excluding hydrogens is 241 g/mol. The molecule has 1 aromatic carbocycles. The summed E-state index contributed by atoms with van der Waals surface area (Å²) < 4.78 is 13.1. The van der Waals surface area contributed by atoms with Gasteiger partial charge in [0.25, 0.3) is 0 Å². The molecule has 0 spiro atoms. The van der Waals surface area contributed by atoms with Gasteiger partial charge in [0.2, 0.25) is 0 Å². The Labute approximate surface area is 103 Å². The SMILES string of the molecule is [N-]=[N+]=NCCC(O)C(O)c1ccc(F)c(CO)c1. The molecule has 7 heteroatoms. The molecule has 0 saturated carbocycles. The maximum absolute atomic E-state index is 13.1. The summed E-state index contributed by atoms with van der Waals surface area (Å²) in [6.07, 6.45) is -2.24. The summed E-state index contributed by atoms with van der Waals surface area (Å²) in [5.41, 5.74) is 8.43. The minimum Gasteiger partial charge on any atom is -0.392 e. The predicted octanol–water partition coefficient (Wildman–Crippen LogP) is 1.41. The molecule has 3 N–H and O–H groups in total. The fourth-order valence-corrected chi connectivity index (χ4v) is 1.51. The van der Waals surface area contributed by atoms with E-state index in [0.29, 0.717) is 5.56 Å². The van der Waals surface area contributed by atoms with Crippen molar-refractivity contribution >= 4 is 0 Å². The third-order valence-electron chi connectivity index (χ3n) is 2.53. The largest absolute Gasteiger partial charge is 0.392 e. The van der Waals surface area contributed by atoms with E-state index < -0.39 is 24.6 Å². The first-order valence-corrected chi connectivity index (χ1v) is 5.36. The first-order chi connectivity index (χ1) is 8.60. The molecule has 0 bridgehead atoms. The second kappa shape index (κ2) is 6.93. The Morgan fingerprint density at radius 3 is 2.72 bits per heavy atom. The zero-order valence-corrected chi connectivity index (χ0v) is 9.57. The fourth-order valence-electron chi connectivity index (χ4n) is 1.51. The van der Waals surface area contributed by atoms with Gasteiger partial charge >= 0.3 is 0 Å². The molecular formula is C11H14FN3O3. The number of hydrogen-bond acceptors (Lipinski definition) is 4. The number of rotatable bonds is 6. The van der Waals surface area contributed by atoms with Crippen LogP contribution < -0.4 is 0 Å². The maximum atomic E-state index is 13.1. The van der Waals surface area contributed by atoms with Gasteiger partial charge in [0.05, 0.1) is 12.7 Å². The van der Waals surface area contributed by atoms with Crippen LogP contribution in [-0.2, 0) is 6.61 Å². The van der Waals surface area contributed by atoms with Crippen LogP contribution in [0.1, 0.15) is 23.7 Å². The predicted molar refractivity (Wildman–Crippen MR) is 61.9 cm³/mol. The number of azide groups is 1. The highest BCUT2D eigenvalue weighted by molar-refractivity contribution is 5.26. The molecule has 0 amide bonds. The van der Waals surface area contributed by atoms with Crippen LogP contribution in [0.3, 0.4) is 0 Å². The van der Waals surface area contributed by atoms with Crippen LogP contribution in [0.4, 0.5) is 4.39 Å². The molecule has 0 heterocycles. The lowest BCUT2D eigenvalue weighted by Crippen LogP contribution is -2.19. The molecule has 18 heavy (non-hydrogen) atoms. The van der Waals surface area contributed by atoms with Crippen LogP contribution in [0.15, 0.2) is 23.3 Å². The summed E-state index contributed by atoms with van der Waals surface area (Å²) in [7, 11) is 0. The van der Waals surface area contributed by atoms with E-state index in [1.54, 1.807) is 0 Å². The third-order valence-corrected chi connectivity index (χ3v) is 2.53. The van der Waals surface area contributed by atoms with Crippen molar-refractivity contribution in [2.24, 2.45) is 5.11 Å². The van der Waals surface area contributed by atoms with E-state index in [1.807, 2.05) is 0 Å². The van der Waals surface area contributed by atoms with Gasteiger partial charge in [0.1, 0.15) is 11.9 Å². The molecule has 2 unspecified atom stereocenters. The highest BCUT2D eigenvalue weighted by Gasteiger charge is 2.18. The molecule has 0 aliphatic heterocycles. The second-order valence-electron chi connectivity index (χ2n) is 3.76. The van der Waals surface area contributed by atoms with Crippen molar-refractivity contribution in [3.8, 4) is 0 Å². The number of nitrogens with zero attached hydrogens (tertiary/aromatic N) is 3. The number of hydrogen-bond donors (Lipinski definition) is 3. The van der Waals surface area contributed by atoms with Crippen molar-refractivity contribution in [2.75, 3.05) is 6.54 Å². The van der Waals surface area contributed by atoms with Gasteiger partial charge in [-0.3, -0.25) is 0 Å². The minimum atomic E-state index is -1.22. The molecule has 1 aromatic rings. The summed E-state index contributed by atoms with van der Waals surface area (Å²) >= 11 is 0. The molecule has 6 nitrogen and oxygen atoms in total. The van der Waals surface area contributed by atoms with E-state index in [0.717, 1.165) is 6.07 Å². The van der Waals surface area contributed by atoms with Crippen molar-refractivity contribution in [1.29, 1.82) is 0 Å². The van der Waals surface area contributed by atoms with Gasteiger partial charge in [0.15, 0.2) is 0 Å². The van der Waals surface area contributed by atoms with Gasteiger partial charge in [-0.05, 0) is 29.6 Å². The molecule has 0 aromatic heterocycles. The van der Waals surface area contributed by atoms with Crippen molar-refractivity contribution < 1.29 is 19.7 Å². The summed E-state index contributed by atoms with van der Waals surface area (Å²) in [6, 6.07) is 3.73. The summed E-state index contributed by atoms with van der Waals surface area (Å²) in [4.78, 5) is 2.53. The van der Waals surface area contributed by atoms with E-state index in [-0.39, 0.29) is 18.5 Å². The molecule has 0 fully saturated rings. The van der Waals surface area contributed by atoms with E-state index in [2.05, 4.69) is 10.0 Å². The number of halogens is 1. The standard InChI is InChI=1S/C11H14FN3O3/c12-9-2-1-7(5-8(9)6-16)11(18)10(17)3-4-14-15-13/h1-2,5,10-11,16-18H,3-4,6H2. The summed E-state index contributed by atoms with van der Waals surface area (Å²) in [6.45, 7) is -0.427. The molecule has 0 saturated heterocycles. The lowest BCUT2D eigenvalue weighted by Gasteiger charge is -2.18. The molecule has 0 aliphatic carbocycles. The number of benzene rings is 1. The van der Waals surface area contributed by atoms with Gasteiger partial charge in [-0.1, -0.05) is 11.2 Å². The first-order valence-electron chi connectivity index (χ1n) is 5.36. The molecule has 0 aliphatic rings. The Hall–Kier alpha value is -1.66. The second-order valence-corrected chi connectivity index (χ2v) is 3.76. The molecule has 1 rings (SSSR count). The smallest absolute Gasteiger partial charge is 0.128 e. The van der Waals surface area contributed by atoms with E-state index in [1.165, 1.54) is 12.1 Å². The molecule has 2 atom stereocenters. The first kappa shape index (κ1) is 14.4. The van der Waals surface area contributed by atoms with E-state index in [9.17, 15) is 14.6 Å².